The molecular formula is C20H23F3N4O2. The number of alkyl halides is 3. The van der Waals surface area contributed by atoms with Crippen LogP contribution in [0.4, 0.5) is 13.2 Å². The Labute approximate surface area is 166 Å². The lowest BCUT2D eigenvalue weighted by molar-refractivity contribution is -0.211. The number of aryl methyl sites for hydroxylation is 1. The minimum atomic E-state index is -4.93. The molecule has 1 aliphatic carbocycles. The quantitative estimate of drug-likeness (QED) is 0.815. The van der Waals surface area contributed by atoms with Crippen molar-refractivity contribution >= 4 is 5.91 Å². The van der Waals surface area contributed by atoms with Crippen LogP contribution in [0.1, 0.15) is 37.1 Å². The third-order valence-corrected chi connectivity index (χ3v) is 6.20. The lowest BCUT2D eigenvalue weighted by atomic mass is 9.81. The SMILES string of the molecule is Cc1ccc(-c2nnc(C3(C4CCN(C(=O)[C@@H](O)C(F)(F)F)CC4)CC3)[nH]2)cc1. The van der Waals surface area contributed by atoms with Gasteiger partial charge >= 0.3 is 6.18 Å². The number of aromatic nitrogens is 3. The number of aliphatic hydroxyl groups is 1. The van der Waals surface area contributed by atoms with E-state index in [2.05, 4.69) is 15.2 Å². The number of aromatic amines is 1. The van der Waals surface area contributed by atoms with Gasteiger partial charge < -0.3 is 15.0 Å². The lowest BCUT2D eigenvalue weighted by Gasteiger charge is -2.36. The molecule has 2 fully saturated rings. The zero-order valence-electron chi connectivity index (χ0n) is 16.0. The summed E-state index contributed by atoms with van der Waals surface area (Å²) in [5, 5.41) is 17.9. The Balaban J connectivity index is 1.43. The number of carbonyl (C=O) groups is 1. The number of halogens is 3. The highest BCUT2D eigenvalue weighted by atomic mass is 19.4. The van der Waals surface area contributed by atoms with Gasteiger partial charge in [0.25, 0.3) is 5.91 Å². The molecule has 0 spiro atoms. The number of hydrogen-bond acceptors (Lipinski definition) is 4. The number of nitrogens with zero attached hydrogens (tertiary/aromatic N) is 3. The average molecular weight is 408 g/mol. The van der Waals surface area contributed by atoms with Gasteiger partial charge in [-0.15, -0.1) is 10.2 Å². The van der Waals surface area contributed by atoms with Crippen molar-refractivity contribution in [2.24, 2.45) is 5.92 Å². The van der Waals surface area contributed by atoms with Crippen LogP contribution in [0.15, 0.2) is 24.3 Å². The van der Waals surface area contributed by atoms with Crippen molar-refractivity contribution in [3.8, 4) is 11.4 Å². The maximum Gasteiger partial charge on any atom is 0.423 e. The molecule has 0 radical (unpaired) electrons. The van der Waals surface area contributed by atoms with E-state index in [4.69, 9.17) is 0 Å². The van der Waals surface area contributed by atoms with E-state index >= 15 is 0 Å². The molecule has 1 amide bonds. The predicted octanol–water partition coefficient (Wildman–Crippen LogP) is 2.97. The van der Waals surface area contributed by atoms with E-state index in [-0.39, 0.29) is 24.4 Å². The fourth-order valence-electron chi connectivity index (χ4n) is 4.27. The lowest BCUT2D eigenvalue weighted by Crippen LogP contribution is -2.50. The summed E-state index contributed by atoms with van der Waals surface area (Å²) in [6, 6.07) is 7.98. The molecule has 2 heterocycles. The van der Waals surface area contributed by atoms with Crippen molar-refractivity contribution in [2.75, 3.05) is 13.1 Å². The average Bonchev–Trinajstić information content (AvgIpc) is 3.36. The van der Waals surface area contributed by atoms with Crippen molar-refractivity contribution in [3.05, 3.63) is 35.7 Å². The molecule has 1 aromatic carbocycles. The van der Waals surface area contributed by atoms with Gasteiger partial charge in [0.1, 0.15) is 5.82 Å². The summed E-state index contributed by atoms with van der Waals surface area (Å²) in [6.45, 7) is 2.42. The highest BCUT2D eigenvalue weighted by Crippen LogP contribution is 2.55. The van der Waals surface area contributed by atoms with Gasteiger partial charge in [-0.3, -0.25) is 4.79 Å². The third-order valence-electron chi connectivity index (χ3n) is 6.20. The second kappa shape index (κ2) is 7.12. The summed E-state index contributed by atoms with van der Waals surface area (Å²) < 4.78 is 37.8. The van der Waals surface area contributed by atoms with E-state index in [1.54, 1.807) is 0 Å². The predicted molar refractivity (Wildman–Crippen MR) is 98.8 cm³/mol. The van der Waals surface area contributed by atoms with E-state index in [9.17, 15) is 23.1 Å². The second-order valence-electron chi connectivity index (χ2n) is 8.09. The molecule has 0 unspecified atom stereocenters. The molecule has 9 heteroatoms. The first-order chi connectivity index (χ1) is 13.7. The molecule has 2 aromatic rings. The number of piperidine rings is 1. The van der Waals surface area contributed by atoms with Crippen LogP contribution >= 0.6 is 0 Å². The molecular weight excluding hydrogens is 385 g/mol. The van der Waals surface area contributed by atoms with E-state index in [0.29, 0.717) is 18.7 Å². The molecule has 6 nitrogen and oxygen atoms in total. The van der Waals surface area contributed by atoms with Gasteiger partial charge in [0.2, 0.25) is 6.10 Å². The summed E-state index contributed by atoms with van der Waals surface area (Å²) in [5.74, 6) is 0.468. The van der Waals surface area contributed by atoms with Gasteiger partial charge in [0.15, 0.2) is 5.82 Å². The van der Waals surface area contributed by atoms with Gasteiger partial charge in [-0.05, 0) is 38.5 Å². The molecule has 1 saturated carbocycles. The maximum atomic E-state index is 12.6. The number of nitrogens with one attached hydrogen (secondary N) is 1. The highest BCUT2D eigenvalue weighted by Gasteiger charge is 2.54. The molecule has 156 valence electrons. The zero-order chi connectivity index (χ0) is 20.8. The molecule has 1 saturated heterocycles. The first-order valence-electron chi connectivity index (χ1n) is 9.74. The largest absolute Gasteiger partial charge is 0.423 e. The first kappa shape index (κ1) is 19.9. The van der Waals surface area contributed by atoms with Crippen molar-refractivity contribution in [3.63, 3.8) is 0 Å². The van der Waals surface area contributed by atoms with Crippen LogP contribution in [-0.2, 0) is 10.2 Å². The summed E-state index contributed by atoms with van der Waals surface area (Å²) >= 11 is 0. The Morgan fingerprint density at radius 1 is 1.21 bits per heavy atom. The standard InChI is InChI=1S/C20H23F3N4O2/c1-12-2-4-13(5-3-12)16-24-18(26-25-16)19(8-9-19)14-6-10-27(11-7-14)17(29)15(28)20(21,22)23/h2-5,14-15,28H,6-11H2,1H3,(H,24,25,26)/t15-/m1/s1. The molecule has 1 aromatic heterocycles. The number of benzene rings is 1. The molecule has 1 aliphatic heterocycles. The van der Waals surface area contributed by atoms with Gasteiger partial charge in [-0.1, -0.05) is 29.8 Å². The minimum absolute atomic E-state index is 0.145. The van der Waals surface area contributed by atoms with E-state index in [1.165, 1.54) is 0 Å². The molecule has 2 aliphatic rings. The molecule has 29 heavy (non-hydrogen) atoms. The Hall–Kier alpha value is -2.42. The van der Waals surface area contributed by atoms with Crippen LogP contribution in [0.25, 0.3) is 11.4 Å². The monoisotopic (exact) mass is 408 g/mol. The van der Waals surface area contributed by atoms with Crippen LogP contribution in [-0.4, -0.2) is 56.5 Å². The number of H-pyrrole nitrogens is 1. The van der Waals surface area contributed by atoms with Crippen molar-refractivity contribution in [1.29, 1.82) is 0 Å². The first-order valence-corrected chi connectivity index (χ1v) is 9.74. The Morgan fingerprint density at radius 2 is 1.83 bits per heavy atom. The van der Waals surface area contributed by atoms with E-state index < -0.39 is 18.2 Å². The summed E-state index contributed by atoms with van der Waals surface area (Å²) in [4.78, 5) is 16.3. The van der Waals surface area contributed by atoms with E-state index in [0.717, 1.165) is 34.7 Å². The zero-order valence-corrected chi connectivity index (χ0v) is 16.0. The fourth-order valence-corrected chi connectivity index (χ4v) is 4.27. The number of aliphatic hydroxyl groups excluding tert-OH is 1. The molecule has 2 N–H and O–H groups in total. The normalized spacial score (nSPS) is 20.5. The van der Waals surface area contributed by atoms with Crippen molar-refractivity contribution in [2.45, 2.75) is 50.3 Å². The Morgan fingerprint density at radius 3 is 2.38 bits per heavy atom. The second-order valence-corrected chi connectivity index (χ2v) is 8.09. The Bertz CT molecular complexity index is 882. The fraction of sp³-hybridized carbons (Fsp3) is 0.550. The molecule has 4 rings (SSSR count). The number of amides is 1. The summed E-state index contributed by atoms with van der Waals surface area (Å²) in [5.41, 5.74) is 1.96. The topological polar surface area (TPSA) is 82.1 Å². The highest BCUT2D eigenvalue weighted by molar-refractivity contribution is 5.81. The smallest absolute Gasteiger partial charge is 0.376 e. The van der Waals surface area contributed by atoms with Crippen LogP contribution in [0, 0.1) is 12.8 Å². The van der Waals surface area contributed by atoms with Gasteiger partial charge in [0.05, 0.1) is 0 Å². The molecule has 1 atom stereocenters. The summed E-state index contributed by atoms with van der Waals surface area (Å²) in [7, 11) is 0. The van der Waals surface area contributed by atoms with Gasteiger partial charge in [0, 0.05) is 24.1 Å². The van der Waals surface area contributed by atoms with Crippen molar-refractivity contribution in [1.82, 2.24) is 20.1 Å². The van der Waals surface area contributed by atoms with Crippen LogP contribution < -0.4 is 0 Å². The van der Waals surface area contributed by atoms with Crippen LogP contribution in [0.2, 0.25) is 0 Å². The third kappa shape index (κ3) is 3.75. The van der Waals surface area contributed by atoms with E-state index in [1.807, 2.05) is 31.2 Å². The van der Waals surface area contributed by atoms with Gasteiger partial charge in [-0.2, -0.15) is 13.2 Å². The van der Waals surface area contributed by atoms with Crippen LogP contribution in [0.5, 0.6) is 0 Å². The minimum Gasteiger partial charge on any atom is -0.376 e. The van der Waals surface area contributed by atoms with Crippen LogP contribution in [0.3, 0.4) is 0 Å². The number of likely N-dealkylation sites (tertiary alicyclic amines) is 1. The number of hydrogen-bond donors (Lipinski definition) is 2. The number of rotatable bonds is 4. The summed E-state index contributed by atoms with van der Waals surface area (Å²) in [6.07, 6.45) is -4.83. The maximum absolute atomic E-state index is 12.6. The molecule has 0 bridgehead atoms. The van der Waals surface area contributed by atoms with Crippen molar-refractivity contribution < 1.29 is 23.1 Å². The number of carbonyl (C=O) groups excluding carboxylic acids is 1. The van der Waals surface area contributed by atoms with Gasteiger partial charge in [-0.25, -0.2) is 0 Å². The Kier molecular flexibility index (Phi) is 4.88.